The molecule has 0 rings (SSSR count). The Bertz CT molecular complexity index is 194. The van der Waals surface area contributed by atoms with E-state index < -0.39 is 0 Å². The van der Waals surface area contributed by atoms with Crippen molar-refractivity contribution in [3.8, 4) is 0 Å². The van der Waals surface area contributed by atoms with Gasteiger partial charge in [-0.3, -0.25) is 9.79 Å². The van der Waals surface area contributed by atoms with Gasteiger partial charge in [0.25, 0.3) is 0 Å². The first-order chi connectivity index (χ1) is 5.07. The van der Waals surface area contributed by atoms with Crippen molar-refractivity contribution in [1.29, 1.82) is 0 Å². The zero-order chi connectivity index (χ0) is 8.85. The van der Waals surface area contributed by atoms with Gasteiger partial charge in [-0.2, -0.15) is 0 Å². The van der Waals surface area contributed by atoms with Crippen molar-refractivity contribution in [2.75, 3.05) is 7.05 Å². The van der Waals surface area contributed by atoms with Gasteiger partial charge in [0, 0.05) is 20.4 Å². The molecule has 0 heterocycles. The van der Waals surface area contributed by atoms with Crippen LogP contribution in [0.15, 0.2) is 4.99 Å². The summed E-state index contributed by atoms with van der Waals surface area (Å²) in [6, 6.07) is 0. The van der Waals surface area contributed by atoms with E-state index in [1.54, 1.807) is 7.05 Å². The first-order valence-electron chi connectivity index (χ1n) is 3.54. The molecule has 0 atom stereocenters. The van der Waals surface area contributed by atoms with Crippen LogP contribution in [0.2, 0.25) is 0 Å². The van der Waals surface area contributed by atoms with Crippen LogP contribution < -0.4 is 0 Å². The highest BCUT2D eigenvalue weighted by Gasteiger charge is 2.05. The average molecular weight is 155 g/mol. The Hall–Kier alpha value is -0.990. The number of Topliss-reactive ketones (excluding diaryl/α,β-unsaturated/α-hetero) is 2. The van der Waals surface area contributed by atoms with E-state index in [9.17, 15) is 9.59 Å². The Labute approximate surface area is 66.5 Å². The number of aliphatic imine (C=N–C) groups is 1. The van der Waals surface area contributed by atoms with Gasteiger partial charge >= 0.3 is 0 Å². The third kappa shape index (κ3) is 4.42. The molecule has 0 spiro atoms. The summed E-state index contributed by atoms with van der Waals surface area (Å²) >= 11 is 0. The second-order valence-corrected chi connectivity index (χ2v) is 2.43. The largest absolute Gasteiger partial charge is 0.300 e. The van der Waals surface area contributed by atoms with Crippen molar-refractivity contribution >= 4 is 17.3 Å². The van der Waals surface area contributed by atoms with E-state index in [1.807, 2.05) is 0 Å². The van der Waals surface area contributed by atoms with Gasteiger partial charge in [-0.25, -0.2) is 0 Å². The second-order valence-electron chi connectivity index (χ2n) is 2.43. The maximum absolute atomic E-state index is 10.7. The fourth-order valence-electron chi connectivity index (χ4n) is 0.740. The number of carbonyl (C=O) groups is 2. The zero-order valence-electron chi connectivity index (χ0n) is 7.18. The lowest BCUT2D eigenvalue weighted by Crippen LogP contribution is -2.11. The van der Waals surface area contributed by atoms with E-state index in [4.69, 9.17) is 0 Å². The predicted octanol–water partition coefficient (Wildman–Crippen LogP) is 1.02. The van der Waals surface area contributed by atoms with Crippen molar-refractivity contribution in [2.24, 2.45) is 4.99 Å². The lowest BCUT2D eigenvalue weighted by Gasteiger charge is -1.97. The normalized spacial score (nSPS) is 11.4. The maximum Gasteiger partial charge on any atom is 0.173 e. The van der Waals surface area contributed by atoms with Crippen LogP contribution in [0, 0.1) is 0 Å². The molecule has 0 aliphatic heterocycles. The number of hydrogen-bond donors (Lipinski definition) is 0. The Kier molecular flexibility index (Phi) is 4.34. The lowest BCUT2D eigenvalue weighted by molar-refractivity contribution is -0.116. The zero-order valence-corrected chi connectivity index (χ0v) is 7.18. The smallest absolute Gasteiger partial charge is 0.173 e. The third-order valence-electron chi connectivity index (χ3n) is 1.39. The van der Waals surface area contributed by atoms with Crippen LogP contribution in [0.1, 0.15) is 26.7 Å². The highest BCUT2D eigenvalue weighted by atomic mass is 16.1. The van der Waals surface area contributed by atoms with E-state index in [0.29, 0.717) is 18.6 Å². The minimum atomic E-state index is -0.0475. The van der Waals surface area contributed by atoms with Crippen molar-refractivity contribution in [3.05, 3.63) is 0 Å². The highest BCUT2D eigenvalue weighted by molar-refractivity contribution is 6.39. The van der Waals surface area contributed by atoms with Gasteiger partial charge in [0.1, 0.15) is 5.78 Å². The van der Waals surface area contributed by atoms with Gasteiger partial charge in [0.2, 0.25) is 0 Å². The molecule has 62 valence electrons. The predicted molar refractivity (Wildman–Crippen MR) is 44.0 cm³/mol. The number of ketones is 2. The highest BCUT2D eigenvalue weighted by Crippen LogP contribution is 1.95. The van der Waals surface area contributed by atoms with Crippen molar-refractivity contribution in [1.82, 2.24) is 0 Å². The molecule has 0 aliphatic rings. The molecule has 0 aromatic rings. The molecule has 0 bridgehead atoms. The summed E-state index contributed by atoms with van der Waals surface area (Å²) in [4.78, 5) is 25.0. The summed E-state index contributed by atoms with van der Waals surface area (Å²) in [5, 5.41) is 0. The van der Waals surface area contributed by atoms with Gasteiger partial charge in [-0.1, -0.05) is 0 Å². The molecule has 0 aliphatic carbocycles. The number of carbonyl (C=O) groups excluding carboxylic acids is 2. The molecule has 0 saturated carbocycles. The fraction of sp³-hybridized carbons (Fsp3) is 0.625. The van der Waals surface area contributed by atoms with Crippen LogP contribution in [-0.2, 0) is 9.59 Å². The van der Waals surface area contributed by atoms with Gasteiger partial charge in [0.15, 0.2) is 5.78 Å². The summed E-state index contributed by atoms with van der Waals surface area (Å²) in [6.45, 7) is 2.97. The summed E-state index contributed by atoms with van der Waals surface area (Å²) < 4.78 is 0. The Morgan fingerprint density at radius 1 is 1.18 bits per heavy atom. The van der Waals surface area contributed by atoms with E-state index in [0.717, 1.165) is 0 Å². The SMILES string of the molecule is CN=C(CCC(C)=O)C(C)=O. The third-order valence-corrected chi connectivity index (χ3v) is 1.39. The molecule has 3 heteroatoms. The first kappa shape index (κ1) is 10.0. The van der Waals surface area contributed by atoms with E-state index in [1.165, 1.54) is 13.8 Å². The van der Waals surface area contributed by atoms with E-state index >= 15 is 0 Å². The molecule has 0 N–H and O–H groups in total. The summed E-state index contributed by atoms with van der Waals surface area (Å²) in [5.41, 5.74) is 0.500. The molecule has 3 nitrogen and oxygen atoms in total. The molecule has 0 fully saturated rings. The van der Waals surface area contributed by atoms with Gasteiger partial charge in [0.05, 0.1) is 5.71 Å². The topological polar surface area (TPSA) is 46.5 Å². The maximum atomic E-state index is 10.7. The molecule has 0 aromatic carbocycles. The van der Waals surface area contributed by atoms with Crippen molar-refractivity contribution in [3.63, 3.8) is 0 Å². The monoisotopic (exact) mass is 155 g/mol. The van der Waals surface area contributed by atoms with Crippen LogP contribution in [-0.4, -0.2) is 24.3 Å². The second kappa shape index (κ2) is 4.77. The fourth-order valence-corrected chi connectivity index (χ4v) is 0.740. The Balaban J connectivity index is 3.92. The van der Waals surface area contributed by atoms with Crippen molar-refractivity contribution in [2.45, 2.75) is 26.7 Å². The molecular formula is C8H13NO2. The minimum Gasteiger partial charge on any atom is -0.300 e. The molecule has 0 saturated heterocycles. The van der Waals surface area contributed by atoms with Gasteiger partial charge in [-0.15, -0.1) is 0 Å². The molecule has 0 unspecified atom stereocenters. The van der Waals surface area contributed by atoms with Crippen LogP contribution in [0.25, 0.3) is 0 Å². The van der Waals surface area contributed by atoms with Crippen LogP contribution in [0.5, 0.6) is 0 Å². The quantitative estimate of drug-likeness (QED) is 0.569. The molecule has 0 amide bonds. The van der Waals surface area contributed by atoms with E-state index in [2.05, 4.69) is 4.99 Å². The van der Waals surface area contributed by atoms with Crippen LogP contribution >= 0.6 is 0 Å². The molecule has 0 radical (unpaired) electrons. The van der Waals surface area contributed by atoms with E-state index in [-0.39, 0.29) is 11.6 Å². The average Bonchev–Trinajstić information content (AvgIpc) is 1.87. The standard InChI is InChI=1S/C8H13NO2/c1-6(10)4-5-8(9-3)7(2)11/h4-5H2,1-3H3. The molecule has 11 heavy (non-hydrogen) atoms. The minimum absolute atomic E-state index is 0.0475. The molecular weight excluding hydrogens is 142 g/mol. The number of nitrogens with zero attached hydrogens (tertiary/aromatic N) is 1. The van der Waals surface area contributed by atoms with Crippen LogP contribution in [0.3, 0.4) is 0 Å². The van der Waals surface area contributed by atoms with Gasteiger partial charge < -0.3 is 4.79 Å². The van der Waals surface area contributed by atoms with Crippen LogP contribution in [0.4, 0.5) is 0 Å². The summed E-state index contributed by atoms with van der Waals surface area (Å²) in [5.74, 6) is 0.0427. The Morgan fingerprint density at radius 2 is 1.73 bits per heavy atom. The van der Waals surface area contributed by atoms with Gasteiger partial charge in [-0.05, 0) is 13.3 Å². The molecule has 0 aromatic heterocycles. The van der Waals surface area contributed by atoms with Crippen molar-refractivity contribution < 1.29 is 9.59 Å². The number of rotatable bonds is 4. The lowest BCUT2D eigenvalue weighted by atomic mass is 10.1. The first-order valence-corrected chi connectivity index (χ1v) is 3.54. The summed E-state index contributed by atoms with van der Waals surface area (Å²) in [6.07, 6.45) is 0.882. The summed E-state index contributed by atoms with van der Waals surface area (Å²) in [7, 11) is 1.57. The Morgan fingerprint density at radius 3 is 2.00 bits per heavy atom. The number of hydrogen-bond acceptors (Lipinski definition) is 3.